The first kappa shape index (κ1) is 11.0. The third-order valence-corrected chi connectivity index (χ3v) is 3.42. The minimum atomic E-state index is 0.602. The lowest BCUT2D eigenvalue weighted by Crippen LogP contribution is -1.79. The Labute approximate surface area is 106 Å². The highest BCUT2D eigenvalue weighted by atomic mass is 79.9. The van der Waals surface area contributed by atoms with Crippen molar-refractivity contribution in [2.45, 2.75) is 6.92 Å². The lowest BCUT2D eigenvalue weighted by atomic mass is 10.1. The zero-order valence-corrected chi connectivity index (χ0v) is 10.9. The molecule has 1 aromatic heterocycles. The molecule has 0 fully saturated rings. The molecule has 0 unspecified atom stereocenters. The summed E-state index contributed by atoms with van der Waals surface area (Å²) in [7, 11) is 0. The molecule has 2 rings (SSSR count). The van der Waals surface area contributed by atoms with Gasteiger partial charge in [-0.1, -0.05) is 23.2 Å². The average molecular weight is 306 g/mol. The Bertz CT molecular complexity index is 488. The summed E-state index contributed by atoms with van der Waals surface area (Å²) in [6.07, 6.45) is 0. The summed E-state index contributed by atoms with van der Waals surface area (Å²) >= 11 is 15.3. The van der Waals surface area contributed by atoms with Crippen molar-refractivity contribution in [2.75, 3.05) is 0 Å². The molecule has 0 spiro atoms. The molecule has 0 aliphatic carbocycles. The molecule has 0 saturated carbocycles. The first-order chi connectivity index (χ1) is 7.08. The Morgan fingerprint density at radius 2 is 1.80 bits per heavy atom. The van der Waals surface area contributed by atoms with Crippen LogP contribution in [-0.2, 0) is 0 Å². The zero-order chi connectivity index (χ0) is 11.0. The predicted molar refractivity (Wildman–Crippen MR) is 66.5 cm³/mol. The summed E-state index contributed by atoms with van der Waals surface area (Å²) in [6.45, 7) is 1.94. The number of aromatic amines is 1. The molecule has 0 saturated heterocycles. The van der Waals surface area contributed by atoms with Crippen LogP contribution in [-0.4, -0.2) is 10.2 Å². The summed E-state index contributed by atoms with van der Waals surface area (Å²) < 4.78 is 0.931. The Balaban J connectivity index is 2.58. The van der Waals surface area contributed by atoms with Crippen LogP contribution in [0.1, 0.15) is 5.69 Å². The van der Waals surface area contributed by atoms with Gasteiger partial charge in [0.15, 0.2) is 0 Å². The summed E-state index contributed by atoms with van der Waals surface area (Å²) in [5.74, 6) is 0. The zero-order valence-electron chi connectivity index (χ0n) is 7.81. The molecule has 0 aliphatic heterocycles. The van der Waals surface area contributed by atoms with Gasteiger partial charge in [0.25, 0.3) is 0 Å². The Hall–Kier alpha value is -0.510. The van der Waals surface area contributed by atoms with Crippen LogP contribution in [0.4, 0.5) is 0 Å². The highest BCUT2D eigenvalue weighted by Gasteiger charge is 2.10. The van der Waals surface area contributed by atoms with E-state index < -0.39 is 0 Å². The molecule has 0 radical (unpaired) electrons. The van der Waals surface area contributed by atoms with Crippen LogP contribution >= 0.6 is 39.1 Å². The maximum Gasteiger partial charge on any atom is 0.107 e. The first-order valence-corrected chi connectivity index (χ1v) is 5.80. The number of aromatic nitrogens is 2. The molecule has 2 nitrogen and oxygen atoms in total. The first-order valence-electron chi connectivity index (χ1n) is 4.25. The van der Waals surface area contributed by atoms with Crippen molar-refractivity contribution in [1.29, 1.82) is 0 Å². The number of nitrogens with zero attached hydrogens (tertiary/aromatic N) is 1. The molecule has 2 aromatic rings. The molecule has 78 valence electrons. The number of aryl methyl sites for hydroxylation is 1. The van der Waals surface area contributed by atoms with Crippen LogP contribution in [0.25, 0.3) is 11.3 Å². The molecular weight excluding hydrogens is 299 g/mol. The van der Waals surface area contributed by atoms with Crippen LogP contribution in [0, 0.1) is 6.92 Å². The summed E-state index contributed by atoms with van der Waals surface area (Å²) in [4.78, 5) is 0. The largest absolute Gasteiger partial charge is 0.281 e. The van der Waals surface area contributed by atoms with Gasteiger partial charge in [-0.2, -0.15) is 5.10 Å². The van der Waals surface area contributed by atoms with Gasteiger partial charge in [0.2, 0.25) is 0 Å². The standard InChI is InChI=1S/C10H7BrCl2N2/c1-5-9(11)10(15-14-5)6-2-7(12)4-8(13)3-6/h2-4H,1H3,(H,14,15). The van der Waals surface area contributed by atoms with Crippen LogP contribution in [0.15, 0.2) is 22.7 Å². The molecule has 0 atom stereocenters. The average Bonchev–Trinajstić information content (AvgIpc) is 2.46. The van der Waals surface area contributed by atoms with Crippen molar-refractivity contribution in [2.24, 2.45) is 0 Å². The van der Waals surface area contributed by atoms with E-state index in [0.29, 0.717) is 10.0 Å². The van der Waals surface area contributed by atoms with E-state index in [2.05, 4.69) is 26.1 Å². The van der Waals surface area contributed by atoms with Gasteiger partial charge in [0.05, 0.1) is 4.47 Å². The Morgan fingerprint density at radius 3 is 2.27 bits per heavy atom. The van der Waals surface area contributed by atoms with E-state index in [1.54, 1.807) is 6.07 Å². The smallest absolute Gasteiger partial charge is 0.107 e. The van der Waals surface area contributed by atoms with E-state index in [9.17, 15) is 0 Å². The molecule has 0 amide bonds. The third kappa shape index (κ3) is 2.19. The fourth-order valence-corrected chi connectivity index (χ4v) is 2.23. The van der Waals surface area contributed by atoms with Crippen LogP contribution in [0.5, 0.6) is 0 Å². The van der Waals surface area contributed by atoms with E-state index in [1.807, 2.05) is 19.1 Å². The van der Waals surface area contributed by atoms with Gasteiger partial charge >= 0.3 is 0 Å². The minimum Gasteiger partial charge on any atom is -0.281 e. The van der Waals surface area contributed by atoms with E-state index in [1.165, 1.54) is 0 Å². The van der Waals surface area contributed by atoms with Crippen LogP contribution in [0.2, 0.25) is 10.0 Å². The fourth-order valence-electron chi connectivity index (χ4n) is 1.30. The van der Waals surface area contributed by atoms with Crippen molar-refractivity contribution in [3.8, 4) is 11.3 Å². The van der Waals surface area contributed by atoms with Gasteiger partial charge in [0, 0.05) is 21.3 Å². The third-order valence-electron chi connectivity index (χ3n) is 2.01. The number of benzene rings is 1. The van der Waals surface area contributed by atoms with Crippen LogP contribution in [0.3, 0.4) is 0 Å². The number of hydrogen-bond acceptors (Lipinski definition) is 1. The van der Waals surface area contributed by atoms with Crippen molar-refractivity contribution in [3.63, 3.8) is 0 Å². The van der Waals surface area contributed by atoms with Crippen molar-refractivity contribution in [3.05, 3.63) is 38.4 Å². The lowest BCUT2D eigenvalue weighted by molar-refractivity contribution is 1.05. The van der Waals surface area contributed by atoms with Gasteiger partial charge in [-0.05, 0) is 41.1 Å². The second kappa shape index (κ2) is 4.16. The second-order valence-corrected chi connectivity index (χ2v) is 4.84. The van der Waals surface area contributed by atoms with Crippen molar-refractivity contribution >= 4 is 39.1 Å². The molecule has 0 aliphatic rings. The second-order valence-electron chi connectivity index (χ2n) is 3.17. The monoisotopic (exact) mass is 304 g/mol. The van der Waals surface area contributed by atoms with Crippen molar-refractivity contribution in [1.82, 2.24) is 10.2 Å². The Morgan fingerprint density at radius 1 is 1.20 bits per heavy atom. The fraction of sp³-hybridized carbons (Fsp3) is 0.100. The van der Waals surface area contributed by atoms with Crippen LogP contribution < -0.4 is 0 Å². The molecule has 0 bridgehead atoms. The van der Waals surface area contributed by atoms with Gasteiger partial charge in [-0.25, -0.2) is 0 Å². The molecule has 5 heteroatoms. The Kier molecular flexibility index (Phi) is 3.05. The van der Waals surface area contributed by atoms with E-state index in [-0.39, 0.29) is 0 Å². The maximum atomic E-state index is 5.92. The number of rotatable bonds is 1. The predicted octanol–water partition coefficient (Wildman–Crippen LogP) is 4.45. The SMILES string of the molecule is Cc1[nH]nc(-c2cc(Cl)cc(Cl)c2)c1Br. The van der Waals surface area contributed by atoms with Gasteiger partial charge in [-0.3, -0.25) is 5.10 Å². The molecule has 15 heavy (non-hydrogen) atoms. The summed E-state index contributed by atoms with van der Waals surface area (Å²) in [6, 6.07) is 5.35. The maximum absolute atomic E-state index is 5.92. The van der Waals surface area contributed by atoms with Gasteiger partial charge < -0.3 is 0 Å². The highest BCUT2D eigenvalue weighted by Crippen LogP contribution is 2.32. The number of halogens is 3. The topological polar surface area (TPSA) is 28.7 Å². The lowest BCUT2D eigenvalue weighted by Gasteiger charge is -2.00. The molecule has 1 aromatic carbocycles. The van der Waals surface area contributed by atoms with Gasteiger partial charge in [0.1, 0.15) is 5.69 Å². The normalized spacial score (nSPS) is 10.7. The number of H-pyrrole nitrogens is 1. The van der Waals surface area contributed by atoms with E-state index in [0.717, 1.165) is 21.4 Å². The quantitative estimate of drug-likeness (QED) is 0.828. The van der Waals surface area contributed by atoms with Gasteiger partial charge in [-0.15, -0.1) is 0 Å². The summed E-state index contributed by atoms with van der Waals surface area (Å²) in [5, 5.41) is 8.27. The van der Waals surface area contributed by atoms with Crippen molar-refractivity contribution < 1.29 is 0 Å². The number of nitrogens with one attached hydrogen (secondary N) is 1. The highest BCUT2D eigenvalue weighted by molar-refractivity contribution is 9.10. The molecule has 1 heterocycles. The van der Waals surface area contributed by atoms with E-state index >= 15 is 0 Å². The van der Waals surface area contributed by atoms with E-state index in [4.69, 9.17) is 23.2 Å². The molecular formula is C10H7BrCl2N2. The summed E-state index contributed by atoms with van der Waals surface area (Å²) in [5.41, 5.74) is 2.68. The minimum absolute atomic E-state index is 0.602. The molecule has 1 N–H and O–H groups in total. The number of hydrogen-bond donors (Lipinski definition) is 1.